The van der Waals surface area contributed by atoms with E-state index in [4.69, 9.17) is 4.98 Å². The molecule has 2 amide bonds. The van der Waals surface area contributed by atoms with Crippen molar-refractivity contribution in [3.05, 3.63) is 50.1 Å². The molecule has 7 nitrogen and oxygen atoms in total. The summed E-state index contributed by atoms with van der Waals surface area (Å²) in [5.41, 5.74) is 3.66. The lowest BCUT2D eigenvalue weighted by Crippen LogP contribution is -2.39. The Hall–Kier alpha value is -2.65. The third-order valence-corrected chi connectivity index (χ3v) is 8.09. The molecule has 1 fully saturated rings. The number of aryl methyl sites for hydroxylation is 3. The molecule has 1 saturated carbocycles. The zero-order valence-electron chi connectivity index (χ0n) is 19.5. The SMILES string of the molecule is Cc1cccc(-n2c(SCC(=O)N(C)CC(=O)NC3CC3)nc3sc(C)c(C)c3c2=O)c1C. The summed E-state index contributed by atoms with van der Waals surface area (Å²) >= 11 is 2.72. The van der Waals surface area contributed by atoms with Gasteiger partial charge in [-0.05, 0) is 63.3 Å². The number of fused-ring (bicyclic) bond motifs is 1. The van der Waals surface area contributed by atoms with E-state index in [0.29, 0.717) is 15.4 Å². The molecule has 2 aromatic heterocycles. The van der Waals surface area contributed by atoms with Crippen LogP contribution in [-0.2, 0) is 9.59 Å². The number of likely N-dealkylation sites (N-methyl/N-ethyl adjacent to an activating group) is 1. The number of thioether (sulfide) groups is 1. The predicted molar refractivity (Wildman–Crippen MR) is 134 cm³/mol. The van der Waals surface area contributed by atoms with Crippen LogP contribution in [0.15, 0.2) is 28.2 Å². The fraction of sp³-hybridized carbons (Fsp3) is 0.417. The molecule has 33 heavy (non-hydrogen) atoms. The normalized spacial score (nSPS) is 13.4. The summed E-state index contributed by atoms with van der Waals surface area (Å²) in [5.74, 6) is -0.250. The van der Waals surface area contributed by atoms with Crippen LogP contribution in [0.1, 0.15) is 34.4 Å². The number of amides is 2. The lowest BCUT2D eigenvalue weighted by atomic mass is 10.1. The van der Waals surface area contributed by atoms with Gasteiger partial charge < -0.3 is 10.2 Å². The average Bonchev–Trinajstić information content (AvgIpc) is 3.52. The maximum Gasteiger partial charge on any atom is 0.267 e. The highest BCUT2D eigenvalue weighted by Crippen LogP contribution is 2.30. The summed E-state index contributed by atoms with van der Waals surface area (Å²) in [6.45, 7) is 7.95. The van der Waals surface area contributed by atoms with Gasteiger partial charge in [-0.1, -0.05) is 23.9 Å². The molecule has 0 bridgehead atoms. The number of carbonyl (C=O) groups is 2. The van der Waals surface area contributed by atoms with Gasteiger partial charge in [0.2, 0.25) is 11.8 Å². The van der Waals surface area contributed by atoms with E-state index < -0.39 is 0 Å². The highest BCUT2D eigenvalue weighted by Gasteiger charge is 2.25. The predicted octanol–water partition coefficient (Wildman–Crippen LogP) is 3.51. The zero-order valence-corrected chi connectivity index (χ0v) is 21.2. The van der Waals surface area contributed by atoms with E-state index in [1.54, 1.807) is 11.6 Å². The standard InChI is InChI=1S/C24H28N4O3S2/c1-13-7-6-8-18(14(13)2)28-23(31)21-15(3)16(4)33-22(21)26-24(28)32-12-20(30)27(5)11-19(29)25-17-9-10-17/h6-8,17H,9-12H2,1-5H3,(H,25,29). The zero-order chi connectivity index (χ0) is 23.9. The van der Waals surface area contributed by atoms with Gasteiger partial charge >= 0.3 is 0 Å². The van der Waals surface area contributed by atoms with Crippen LogP contribution in [0.2, 0.25) is 0 Å². The fourth-order valence-corrected chi connectivity index (χ4v) is 5.62. The molecular weight excluding hydrogens is 456 g/mol. The van der Waals surface area contributed by atoms with Crippen LogP contribution in [0.5, 0.6) is 0 Å². The molecule has 0 spiro atoms. The molecule has 174 valence electrons. The van der Waals surface area contributed by atoms with Gasteiger partial charge in [0.1, 0.15) is 4.83 Å². The molecule has 0 radical (unpaired) electrons. The van der Waals surface area contributed by atoms with E-state index in [1.807, 2.05) is 45.9 Å². The second-order valence-electron chi connectivity index (χ2n) is 8.60. The van der Waals surface area contributed by atoms with Crippen molar-refractivity contribution in [2.45, 2.75) is 51.7 Å². The van der Waals surface area contributed by atoms with E-state index >= 15 is 0 Å². The van der Waals surface area contributed by atoms with Crippen LogP contribution in [0.25, 0.3) is 15.9 Å². The van der Waals surface area contributed by atoms with E-state index in [9.17, 15) is 14.4 Å². The highest BCUT2D eigenvalue weighted by atomic mass is 32.2. The number of rotatable bonds is 7. The van der Waals surface area contributed by atoms with Crippen molar-refractivity contribution in [3.63, 3.8) is 0 Å². The average molecular weight is 485 g/mol. The number of benzene rings is 1. The third-order valence-electron chi connectivity index (χ3n) is 6.06. The van der Waals surface area contributed by atoms with Gasteiger partial charge in [-0.25, -0.2) is 4.98 Å². The molecule has 9 heteroatoms. The number of aromatic nitrogens is 2. The van der Waals surface area contributed by atoms with Gasteiger partial charge in [0.15, 0.2) is 5.16 Å². The van der Waals surface area contributed by atoms with Crippen LogP contribution in [0, 0.1) is 27.7 Å². The van der Waals surface area contributed by atoms with E-state index in [-0.39, 0.29) is 35.7 Å². The van der Waals surface area contributed by atoms with Gasteiger partial charge in [0.25, 0.3) is 5.56 Å². The van der Waals surface area contributed by atoms with Gasteiger partial charge in [-0.15, -0.1) is 11.3 Å². The van der Waals surface area contributed by atoms with Gasteiger partial charge in [0.05, 0.1) is 23.4 Å². The fourth-order valence-electron chi connectivity index (χ4n) is 3.60. The Kier molecular flexibility index (Phi) is 6.63. The lowest BCUT2D eigenvalue weighted by Gasteiger charge is -2.18. The van der Waals surface area contributed by atoms with Crippen molar-refractivity contribution in [2.75, 3.05) is 19.3 Å². The van der Waals surface area contributed by atoms with Gasteiger partial charge in [0, 0.05) is 18.0 Å². The second-order valence-corrected chi connectivity index (χ2v) is 10.7. The second kappa shape index (κ2) is 9.30. The van der Waals surface area contributed by atoms with E-state index in [0.717, 1.165) is 40.1 Å². The number of nitrogens with one attached hydrogen (secondary N) is 1. The van der Waals surface area contributed by atoms with Crippen LogP contribution >= 0.6 is 23.1 Å². The molecule has 3 aromatic rings. The molecule has 0 saturated heterocycles. The summed E-state index contributed by atoms with van der Waals surface area (Å²) in [4.78, 5) is 46.4. The molecule has 0 unspecified atom stereocenters. The van der Waals surface area contributed by atoms with Crippen molar-refractivity contribution in [1.29, 1.82) is 0 Å². The summed E-state index contributed by atoms with van der Waals surface area (Å²) in [6, 6.07) is 6.10. The topological polar surface area (TPSA) is 84.3 Å². The van der Waals surface area contributed by atoms with Crippen molar-refractivity contribution >= 4 is 45.1 Å². The first-order valence-electron chi connectivity index (χ1n) is 10.9. The quantitative estimate of drug-likeness (QED) is 0.410. The molecule has 4 rings (SSSR count). The Morgan fingerprint density at radius 3 is 2.64 bits per heavy atom. The molecule has 1 N–H and O–H groups in total. The van der Waals surface area contributed by atoms with Crippen LogP contribution in [-0.4, -0.2) is 51.7 Å². The molecule has 1 aliphatic rings. The first-order valence-corrected chi connectivity index (χ1v) is 12.7. The van der Waals surface area contributed by atoms with E-state index in [1.165, 1.54) is 28.0 Å². The minimum absolute atomic E-state index is 0.0233. The lowest BCUT2D eigenvalue weighted by molar-refractivity contribution is -0.132. The first-order chi connectivity index (χ1) is 15.7. The minimum Gasteiger partial charge on any atom is -0.352 e. The van der Waals surface area contributed by atoms with Crippen LogP contribution in [0.4, 0.5) is 0 Å². The summed E-state index contributed by atoms with van der Waals surface area (Å²) < 4.78 is 1.63. The number of hydrogen-bond donors (Lipinski definition) is 1. The largest absolute Gasteiger partial charge is 0.352 e. The highest BCUT2D eigenvalue weighted by molar-refractivity contribution is 7.99. The summed E-state index contributed by atoms with van der Waals surface area (Å²) in [5, 5.41) is 4.00. The van der Waals surface area contributed by atoms with Crippen molar-refractivity contribution in [3.8, 4) is 5.69 Å². The van der Waals surface area contributed by atoms with E-state index in [2.05, 4.69) is 5.32 Å². The number of hydrogen-bond acceptors (Lipinski definition) is 6. The molecule has 2 heterocycles. The maximum atomic E-state index is 13.6. The van der Waals surface area contributed by atoms with Crippen LogP contribution in [0.3, 0.4) is 0 Å². The van der Waals surface area contributed by atoms with Crippen LogP contribution < -0.4 is 10.9 Å². The third kappa shape index (κ3) is 4.84. The Balaban J connectivity index is 1.66. The minimum atomic E-state index is -0.189. The number of thiophene rings is 1. The first kappa shape index (κ1) is 23.5. The summed E-state index contributed by atoms with van der Waals surface area (Å²) in [7, 11) is 1.62. The summed E-state index contributed by atoms with van der Waals surface area (Å²) in [6.07, 6.45) is 2.01. The molecule has 0 atom stereocenters. The van der Waals surface area contributed by atoms with Crippen molar-refractivity contribution in [2.24, 2.45) is 0 Å². The van der Waals surface area contributed by atoms with Crippen molar-refractivity contribution < 1.29 is 9.59 Å². The smallest absolute Gasteiger partial charge is 0.267 e. The monoisotopic (exact) mass is 484 g/mol. The Bertz CT molecular complexity index is 1310. The molecular formula is C24H28N4O3S2. The Morgan fingerprint density at radius 2 is 1.94 bits per heavy atom. The Morgan fingerprint density at radius 1 is 1.21 bits per heavy atom. The van der Waals surface area contributed by atoms with Gasteiger partial charge in [-0.2, -0.15) is 0 Å². The number of carbonyl (C=O) groups excluding carboxylic acids is 2. The van der Waals surface area contributed by atoms with Gasteiger partial charge in [-0.3, -0.25) is 19.0 Å². The maximum absolute atomic E-state index is 13.6. The Labute approximate surface area is 201 Å². The molecule has 0 aliphatic heterocycles. The molecule has 1 aliphatic carbocycles. The van der Waals surface area contributed by atoms with Crippen molar-refractivity contribution in [1.82, 2.24) is 19.8 Å². The number of nitrogens with zero attached hydrogens (tertiary/aromatic N) is 3. The molecule has 1 aromatic carbocycles.